The lowest BCUT2D eigenvalue weighted by Gasteiger charge is -2.16. The average Bonchev–Trinajstić information content (AvgIpc) is 2.88. The molecule has 5 nitrogen and oxygen atoms in total. The second-order valence-electron chi connectivity index (χ2n) is 5.09. The Kier molecular flexibility index (Phi) is 4.35. The van der Waals surface area contributed by atoms with E-state index in [0.717, 1.165) is 48.8 Å². The number of aryl methyl sites for hydroxylation is 2. The molecule has 1 saturated heterocycles. The monoisotopic (exact) mass is 262 g/mol. The van der Waals surface area contributed by atoms with Crippen LogP contribution < -0.4 is 5.32 Å². The molecule has 1 aromatic heterocycles. The van der Waals surface area contributed by atoms with Crippen LogP contribution in [0.1, 0.15) is 36.3 Å². The van der Waals surface area contributed by atoms with Crippen LogP contribution in [0.25, 0.3) is 0 Å². The van der Waals surface area contributed by atoms with E-state index in [0.29, 0.717) is 13.0 Å². The standard InChI is InChI=1S/C14H22N4O/c1-10-11(2)16-12(3)17-14(10)15-7-6-13(19)18-8-4-5-9-18/h4-9H2,1-3H3,(H,15,16,17). The molecule has 0 atom stereocenters. The van der Waals surface area contributed by atoms with Crippen molar-refractivity contribution in [1.82, 2.24) is 14.9 Å². The average molecular weight is 262 g/mol. The largest absolute Gasteiger partial charge is 0.369 e. The van der Waals surface area contributed by atoms with Gasteiger partial charge < -0.3 is 10.2 Å². The zero-order chi connectivity index (χ0) is 13.8. The van der Waals surface area contributed by atoms with E-state index in [-0.39, 0.29) is 5.91 Å². The second-order valence-corrected chi connectivity index (χ2v) is 5.09. The summed E-state index contributed by atoms with van der Waals surface area (Å²) in [6.45, 7) is 8.33. The molecule has 19 heavy (non-hydrogen) atoms. The van der Waals surface area contributed by atoms with Crippen LogP contribution in [0.5, 0.6) is 0 Å². The summed E-state index contributed by atoms with van der Waals surface area (Å²) in [4.78, 5) is 22.6. The van der Waals surface area contributed by atoms with Crippen LogP contribution in [0.2, 0.25) is 0 Å². The number of anilines is 1. The highest BCUT2D eigenvalue weighted by atomic mass is 16.2. The Bertz CT molecular complexity index is 467. The maximum atomic E-state index is 11.9. The quantitative estimate of drug-likeness (QED) is 0.899. The summed E-state index contributed by atoms with van der Waals surface area (Å²) in [5.74, 6) is 1.85. The van der Waals surface area contributed by atoms with Gasteiger partial charge in [0.1, 0.15) is 11.6 Å². The highest BCUT2D eigenvalue weighted by Gasteiger charge is 2.17. The Labute approximate surface area is 114 Å². The van der Waals surface area contributed by atoms with Gasteiger partial charge in [0, 0.05) is 37.3 Å². The Morgan fingerprint density at radius 1 is 1.21 bits per heavy atom. The summed E-state index contributed by atoms with van der Waals surface area (Å²) in [6, 6.07) is 0. The van der Waals surface area contributed by atoms with Gasteiger partial charge in [-0.25, -0.2) is 9.97 Å². The highest BCUT2D eigenvalue weighted by molar-refractivity contribution is 5.77. The fourth-order valence-corrected chi connectivity index (χ4v) is 2.35. The van der Waals surface area contributed by atoms with E-state index in [1.54, 1.807) is 0 Å². The van der Waals surface area contributed by atoms with Crippen LogP contribution in [0.3, 0.4) is 0 Å². The smallest absolute Gasteiger partial charge is 0.224 e. The number of nitrogens with zero attached hydrogens (tertiary/aromatic N) is 3. The third-order valence-electron chi connectivity index (χ3n) is 3.59. The van der Waals surface area contributed by atoms with E-state index >= 15 is 0 Å². The molecule has 0 radical (unpaired) electrons. The zero-order valence-corrected chi connectivity index (χ0v) is 12.0. The number of likely N-dealkylation sites (tertiary alicyclic amines) is 1. The van der Waals surface area contributed by atoms with Crippen molar-refractivity contribution in [3.05, 3.63) is 17.1 Å². The summed E-state index contributed by atoms with van der Waals surface area (Å²) < 4.78 is 0. The maximum absolute atomic E-state index is 11.9. The Balaban J connectivity index is 1.87. The molecular formula is C14H22N4O. The maximum Gasteiger partial charge on any atom is 0.224 e. The lowest BCUT2D eigenvalue weighted by Crippen LogP contribution is -2.29. The van der Waals surface area contributed by atoms with Crippen molar-refractivity contribution in [2.75, 3.05) is 25.0 Å². The van der Waals surface area contributed by atoms with Crippen molar-refractivity contribution in [2.45, 2.75) is 40.0 Å². The van der Waals surface area contributed by atoms with Crippen LogP contribution in [-0.4, -0.2) is 40.4 Å². The number of hydrogen-bond donors (Lipinski definition) is 1. The zero-order valence-electron chi connectivity index (χ0n) is 12.0. The van der Waals surface area contributed by atoms with E-state index in [1.165, 1.54) is 0 Å². The summed E-state index contributed by atoms with van der Waals surface area (Å²) in [5.41, 5.74) is 2.04. The van der Waals surface area contributed by atoms with Crippen LogP contribution in [0.4, 0.5) is 5.82 Å². The Morgan fingerprint density at radius 2 is 1.89 bits per heavy atom. The van der Waals surface area contributed by atoms with Gasteiger partial charge >= 0.3 is 0 Å². The van der Waals surface area contributed by atoms with Crippen LogP contribution in [0, 0.1) is 20.8 Å². The summed E-state index contributed by atoms with van der Waals surface area (Å²) >= 11 is 0. The third-order valence-corrected chi connectivity index (χ3v) is 3.59. The summed E-state index contributed by atoms with van der Waals surface area (Å²) in [5, 5.41) is 3.25. The van der Waals surface area contributed by atoms with E-state index in [9.17, 15) is 4.79 Å². The molecule has 0 spiro atoms. The van der Waals surface area contributed by atoms with Gasteiger partial charge in [-0.2, -0.15) is 0 Å². The molecule has 0 aromatic carbocycles. The van der Waals surface area contributed by atoms with Crippen molar-refractivity contribution >= 4 is 11.7 Å². The molecule has 2 rings (SSSR count). The van der Waals surface area contributed by atoms with Gasteiger partial charge in [0.2, 0.25) is 5.91 Å². The van der Waals surface area contributed by atoms with E-state index in [4.69, 9.17) is 0 Å². The van der Waals surface area contributed by atoms with Crippen molar-refractivity contribution in [3.8, 4) is 0 Å². The number of amides is 1. The minimum absolute atomic E-state index is 0.241. The first kappa shape index (κ1) is 13.8. The van der Waals surface area contributed by atoms with Gasteiger partial charge in [-0.05, 0) is 33.6 Å². The van der Waals surface area contributed by atoms with E-state index in [2.05, 4.69) is 15.3 Å². The van der Waals surface area contributed by atoms with Crippen LogP contribution in [0.15, 0.2) is 0 Å². The number of rotatable bonds is 4. The predicted molar refractivity (Wildman–Crippen MR) is 75.2 cm³/mol. The van der Waals surface area contributed by atoms with Gasteiger partial charge in [0.25, 0.3) is 0 Å². The summed E-state index contributed by atoms with van der Waals surface area (Å²) in [7, 11) is 0. The number of carbonyl (C=O) groups is 1. The molecular weight excluding hydrogens is 240 g/mol. The molecule has 1 fully saturated rings. The lowest BCUT2D eigenvalue weighted by atomic mass is 10.2. The fourth-order valence-electron chi connectivity index (χ4n) is 2.35. The Hall–Kier alpha value is -1.65. The number of nitrogens with one attached hydrogen (secondary N) is 1. The highest BCUT2D eigenvalue weighted by Crippen LogP contribution is 2.15. The normalized spacial score (nSPS) is 14.8. The van der Waals surface area contributed by atoms with Gasteiger partial charge in [0.15, 0.2) is 0 Å². The van der Waals surface area contributed by atoms with Crippen molar-refractivity contribution in [3.63, 3.8) is 0 Å². The summed E-state index contributed by atoms with van der Waals surface area (Å²) in [6.07, 6.45) is 2.81. The second kappa shape index (κ2) is 5.99. The molecule has 1 aliphatic rings. The van der Waals surface area contributed by atoms with Crippen molar-refractivity contribution in [1.29, 1.82) is 0 Å². The SMILES string of the molecule is Cc1nc(C)c(C)c(NCCC(=O)N2CCCC2)n1. The first-order valence-corrected chi connectivity index (χ1v) is 6.91. The van der Waals surface area contributed by atoms with Gasteiger partial charge in [-0.15, -0.1) is 0 Å². The van der Waals surface area contributed by atoms with Crippen LogP contribution in [-0.2, 0) is 4.79 Å². The Morgan fingerprint density at radius 3 is 2.58 bits per heavy atom. The van der Waals surface area contributed by atoms with E-state index in [1.807, 2.05) is 25.7 Å². The molecule has 0 unspecified atom stereocenters. The number of aromatic nitrogens is 2. The molecule has 0 aliphatic carbocycles. The molecule has 1 N–H and O–H groups in total. The number of hydrogen-bond acceptors (Lipinski definition) is 4. The van der Waals surface area contributed by atoms with Gasteiger partial charge in [-0.3, -0.25) is 4.79 Å². The minimum Gasteiger partial charge on any atom is -0.369 e. The molecule has 1 aromatic rings. The minimum atomic E-state index is 0.241. The lowest BCUT2D eigenvalue weighted by molar-refractivity contribution is -0.129. The molecule has 0 bridgehead atoms. The molecule has 5 heteroatoms. The first-order chi connectivity index (χ1) is 9.08. The molecule has 1 amide bonds. The van der Waals surface area contributed by atoms with Crippen molar-refractivity contribution < 1.29 is 4.79 Å². The van der Waals surface area contributed by atoms with Gasteiger partial charge in [-0.1, -0.05) is 0 Å². The van der Waals surface area contributed by atoms with E-state index < -0.39 is 0 Å². The molecule has 0 saturated carbocycles. The third kappa shape index (κ3) is 3.43. The predicted octanol–water partition coefficient (Wildman–Crippen LogP) is 1.83. The molecule has 1 aliphatic heterocycles. The topological polar surface area (TPSA) is 58.1 Å². The first-order valence-electron chi connectivity index (χ1n) is 6.91. The molecule has 2 heterocycles. The van der Waals surface area contributed by atoms with Gasteiger partial charge in [0.05, 0.1) is 0 Å². The fraction of sp³-hybridized carbons (Fsp3) is 0.643. The number of carbonyl (C=O) groups excluding carboxylic acids is 1. The van der Waals surface area contributed by atoms with Crippen LogP contribution >= 0.6 is 0 Å². The molecule has 104 valence electrons. The van der Waals surface area contributed by atoms with Crippen molar-refractivity contribution in [2.24, 2.45) is 0 Å².